The Balaban J connectivity index is 1.79. The minimum Gasteiger partial charge on any atom is -0.494 e. The van der Waals surface area contributed by atoms with Gasteiger partial charge in [-0.15, -0.1) is 0 Å². The molecule has 1 aliphatic heterocycles. The summed E-state index contributed by atoms with van der Waals surface area (Å²) in [7, 11) is 3.17. The molecule has 2 aromatic heterocycles. The molecule has 0 spiro atoms. The molecule has 1 amide bonds. The Labute approximate surface area is 242 Å². The van der Waals surface area contributed by atoms with E-state index in [1.807, 2.05) is 54.1 Å². The van der Waals surface area contributed by atoms with Gasteiger partial charge in [-0.3, -0.25) is 14.5 Å². The lowest BCUT2D eigenvalue weighted by Gasteiger charge is -2.29. The maximum atomic E-state index is 14.3. The number of anilines is 1. The van der Waals surface area contributed by atoms with Crippen LogP contribution in [0.2, 0.25) is 10.0 Å². The van der Waals surface area contributed by atoms with E-state index in [4.69, 9.17) is 37.8 Å². The lowest BCUT2D eigenvalue weighted by atomic mass is 9.92. The molecule has 3 heterocycles. The third-order valence-corrected chi connectivity index (χ3v) is 7.65. The van der Waals surface area contributed by atoms with Crippen LogP contribution in [-0.2, 0) is 11.3 Å². The van der Waals surface area contributed by atoms with Crippen LogP contribution in [0.3, 0.4) is 0 Å². The van der Waals surface area contributed by atoms with Crippen LogP contribution >= 0.6 is 23.2 Å². The Bertz CT molecular complexity index is 1660. The van der Waals surface area contributed by atoms with Crippen molar-refractivity contribution in [1.82, 2.24) is 14.3 Å². The Morgan fingerprint density at radius 3 is 2.48 bits per heavy atom. The second-order valence-corrected chi connectivity index (χ2v) is 10.8. The number of halogens is 2. The number of benzene rings is 2. The fraction of sp³-hybridized carbons (Fsp3) is 0.300. The number of methoxy groups -OCH3 is 2. The molecule has 4 aromatic rings. The van der Waals surface area contributed by atoms with Crippen LogP contribution in [0.5, 0.6) is 5.75 Å². The number of aromatic nitrogens is 3. The Kier molecular flexibility index (Phi) is 7.77. The summed E-state index contributed by atoms with van der Waals surface area (Å²) in [6, 6.07) is 14.2. The van der Waals surface area contributed by atoms with E-state index < -0.39 is 6.04 Å². The molecule has 208 valence electrons. The lowest BCUT2D eigenvalue weighted by Crippen LogP contribution is -2.32. The molecule has 1 unspecified atom stereocenters. The van der Waals surface area contributed by atoms with E-state index in [0.29, 0.717) is 28.8 Å². The van der Waals surface area contributed by atoms with Gasteiger partial charge in [0.15, 0.2) is 5.69 Å². The molecule has 10 heteroatoms. The second kappa shape index (κ2) is 11.1. The van der Waals surface area contributed by atoms with Crippen molar-refractivity contribution in [2.45, 2.75) is 39.3 Å². The number of fused-ring (bicyclic) bond motifs is 1. The van der Waals surface area contributed by atoms with Gasteiger partial charge in [0.05, 0.1) is 31.1 Å². The fourth-order valence-corrected chi connectivity index (χ4v) is 5.80. The van der Waals surface area contributed by atoms with Gasteiger partial charge in [-0.05, 0) is 54.3 Å². The molecule has 8 nitrogen and oxygen atoms in total. The van der Waals surface area contributed by atoms with Crippen molar-refractivity contribution in [3.8, 4) is 11.4 Å². The summed E-state index contributed by atoms with van der Waals surface area (Å²) >= 11 is 12.7. The summed E-state index contributed by atoms with van der Waals surface area (Å²) in [5.74, 6) is 0.354. The van der Waals surface area contributed by atoms with Gasteiger partial charge < -0.3 is 14.0 Å². The number of nitrogens with zero attached hydrogens (tertiary/aromatic N) is 4. The van der Waals surface area contributed by atoms with Gasteiger partial charge in [-0.25, -0.2) is 4.68 Å². The molecular formula is C30H30Cl2N4O4. The van der Waals surface area contributed by atoms with E-state index in [1.165, 1.54) is 4.57 Å². The van der Waals surface area contributed by atoms with E-state index in [0.717, 1.165) is 28.1 Å². The number of carbonyl (C=O) groups excluding carboxylic acids is 1. The summed E-state index contributed by atoms with van der Waals surface area (Å²) in [5.41, 5.74) is 4.70. The number of rotatable bonds is 8. The van der Waals surface area contributed by atoms with E-state index in [-0.39, 0.29) is 29.0 Å². The monoisotopic (exact) mass is 580 g/mol. The van der Waals surface area contributed by atoms with Crippen molar-refractivity contribution in [3.05, 3.63) is 103 Å². The van der Waals surface area contributed by atoms with Crippen LogP contribution in [0, 0.1) is 6.92 Å². The summed E-state index contributed by atoms with van der Waals surface area (Å²) in [6.45, 7) is 6.72. The van der Waals surface area contributed by atoms with Crippen LogP contribution in [0.15, 0.2) is 59.5 Å². The van der Waals surface area contributed by atoms with Crippen LogP contribution < -0.4 is 15.2 Å². The van der Waals surface area contributed by atoms with Crippen molar-refractivity contribution in [2.24, 2.45) is 0 Å². The normalized spacial score (nSPS) is 14.8. The standard InChI is InChI=1S/C30H30Cl2N4O4/c1-17(2)27-25-26(33-36(27)23-8-6-7-9-24(23)40-5)30(38)35(28(25)21-11-10-19(31)14-18(21)3)20-15-22(32)29(37)34(16-20)12-13-39-4/h6-11,14-17,28H,12-13H2,1-5H3. The summed E-state index contributed by atoms with van der Waals surface area (Å²) in [4.78, 5) is 28.7. The lowest BCUT2D eigenvalue weighted by molar-refractivity contribution is 0.0988. The Morgan fingerprint density at radius 1 is 1.05 bits per heavy atom. The second-order valence-electron chi connectivity index (χ2n) is 10.0. The first-order valence-corrected chi connectivity index (χ1v) is 13.7. The number of hydrogen-bond donors (Lipinski definition) is 0. The van der Waals surface area contributed by atoms with Crippen molar-refractivity contribution >= 4 is 34.8 Å². The molecular weight excluding hydrogens is 551 g/mol. The summed E-state index contributed by atoms with van der Waals surface area (Å²) in [5, 5.41) is 5.49. The topological polar surface area (TPSA) is 78.6 Å². The van der Waals surface area contributed by atoms with Crippen molar-refractivity contribution < 1.29 is 14.3 Å². The van der Waals surface area contributed by atoms with Crippen molar-refractivity contribution in [2.75, 3.05) is 25.7 Å². The number of para-hydroxylation sites is 2. The van der Waals surface area contributed by atoms with Gasteiger partial charge >= 0.3 is 0 Å². The molecule has 1 aliphatic rings. The number of aryl methyl sites for hydroxylation is 1. The zero-order valence-electron chi connectivity index (χ0n) is 22.9. The van der Waals surface area contributed by atoms with Crippen LogP contribution in [-0.4, -0.2) is 41.1 Å². The largest absolute Gasteiger partial charge is 0.494 e. The number of pyridine rings is 1. The van der Waals surface area contributed by atoms with Gasteiger partial charge in [0.1, 0.15) is 16.5 Å². The molecule has 0 bridgehead atoms. The number of hydrogen-bond acceptors (Lipinski definition) is 5. The van der Waals surface area contributed by atoms with Gasteiger partial charge in [0.25, 0.3) is 11.5 Å². The fourth-order valence-electron chi connectivity index (χ4n) is 5.35. The Hall–Kier alpha value is -3.59. The average Bonchev–Trinajstić information content (AvgIpc) is 3.44. The third kappa shape index (κ3) is 4.70. The van der Waals surface area contributed by atoms with Gasteiger partial charge in [-0.1, -0.05) is 55.2 Å². The third-order valence-electron chi connectivity index (χ3n) is 7.14. The molecule has 0 saturated carbocycles. The highest BCUT2D eigenvalue weighted by molar-refractivity contribution is 6.31. The highest BCUT2D eigenvalue weighted by Crippen LogP contribution is 2.47. The smallest absolute Gasteiger partial charge is 0.280 e. The SMILES string of the molecule is COCCn1cc(N2C(=O)c3nn(-c4ccccc4OC)c(C(C)C)c3C2c2ccc(Cl)cc2C)cc(Cl)c1=O. The first kappa shape index (κ1) is 28.0. The zero-order valence-corrected chi connectivity index (χ0v) is 24.5. The maximum Gasteiger partial charge on any atom is 0.280 e. The molecule has 40 heavy (non-hydrogen) atoms. The van der Waals surface area contributed by atoms with E-state index in [2.05, 4.69) is 13.8 Å². The van der Waals surface area contributed by atoms with Crippen LogP contribution in [0.1, 0.15) is 58.7 Å². The molecule has 0 aliphatic carbocycles. The molecule has 2 aromatic carbocycles. The van der Waals surface area contributed by atoms with Crippen LogP contribution in [0.4, 0.5) is 5.69 Å². The average molecular weight is 582 g/mol. The van der Waals surface area contributed by atoms with Gasteiger partial charge in [-0.2, -0.15) is 5.10 Å². The molecule has 1 atom stereocenters. The van der Waals surface area contributed by atoms with E-state index in [9.17, 15) is 9.59 Å². The minimum absolute atomic E-state index is 0.00302. The Morgan fingerprint density at radius 2 is 1.80 bits per heavy atom. The van der Waals surface area contributed by atoms with Gasteiger partial charge in [0.2, 0.25) is 0 Å². The van der Waals surface area contributed by atoms with Crippen molar-refractivity contribution in [1.29, 1.82) is 0 Å². The number of amides is 1. The molecule has 0 N–H and O–H groups in total. The first-order valence-electron chi connectivity index (χ1n) is 12.9. The number of ether oxygens (including phenoxy) is 2. The molecule has 0 saturated heterocycles. The molecule has 0 fully saturated rings. The van der Waals surface area contributed by atoms with E-state index in [1.54, 1.807) is 31.4 Å². The van der Waals surface area contributed by atoms with Crippen molar-refractivity contribution in [3.63, 3.8) is 0 Å². The molecule has 0 radical (unpaired) electrons. The quantitative estimate of drug-likeness (QED) is 0.249. The van der Waals surface area contributed by atoms with E-state index >= 15 is 0 Å². The first-order chi connectivity index (χ1) is 19.2. The maximum absolute atomic E-state index is 14.3. The highest BCUT2D eigenvalue weighted by Gasteiger charge is 2.45. The number of carbonyl (C=O) groups is 1. The minimum atomic E-state index is -0.537. The summed E-state index contributed by atoms with van der Waals surface area (Å²) in [6.07, 6.45) is 1.65. The zero-order chi connectivity index (χ0) is 28.7. The molecule has 5 rings (SSSR count). The predicted molar refractivity (Wildman–Crippen MR) is 157 cm³/mol. The van der Waals surface area contributed by atoms with Gasteiger partial charge in [0, 0.05) is 30.4 Å². The summed E-state index contributed by atoms with van der Waals surface area (Å²) < 4.78 is 14.1. The van der Waals surface area contributed by atoms with Crippen LogP contribution in [0.25, 0.3) is 5.69 Å². The predicted octanol–water partition coefficient (Wildman–Crippen LogP) is 6.18. The highest BCUT2D eigenvalue weighted by atomic mass is 35.5.